The number of amidine groups is 1. The Kier molecular flexibility index (Phi) is 5.63. The molecule has 138 valence electrons. The van der Waals surface area contributed by atoms with Gasteiger partial charge in [0.2, 0.25) is 0 Å². The lowest BCUT2D eigenvalue weighted by molar-refractivity contribution is 0.426. The van der Waals surface area contributed by atoms with Crippen molar-refractivity contribution in [2.24, 2.45) is 16.7 Å². The highest BCUT2D eigenvalue weighted by molar-refractivity contribution is 5.98. The summed E-state index contributed by atoms with van der Waals surface area (Å²) in [5.41, 5.74) is 8.79. The van der Waals surface area contributed by atoms with Crippen LogP contribution in [0.5, 0.6) is 11.5 Å². The molecule has 0 unspecified atom stereocenters. The van der Waals surface area contributed by atoms with Gasteiger partial charge in [-0.1, -0.05) is 26.0 Å². The van der Waals surface area contributed by atoms with Gasteiger partial charge in [-0.3, -0.25) is 0 Å². The topological polar surface area (TPSA) is 88.9 Å². The number of hydrogen-bond acceptors (Lipinski definition) is 5. The summed E-state index contributed by atoms with van der Waals surface area (Å²) in [6, 6.07) is 14.5. The molecule has 2 heterocycles. The van der Waals surface area contributed by atoms with Crippen molar-refractivity contribution in [3.63, 3.8) is 0 Å². The average molecular weight is 353 g/mol. The largest absolute Gasteiger partial charge is 0.453 e. The van der Waals surface area contributed by atoms with E-state index in [0.717, 1.165) is 54.4 Å². The van der Waals surface area contributed by atoms with Crippen molar-refractivity contribution >= 4 is 17.2 Å². The number of piperidine rings is 1. The van der Waals surface area contributed by atoms with Gasteiger partial charge in [-0.2, -0.15) is 5.10 Å². The Hall–Kier alpha value is -2.73. The zero-order valence-electron chi connectivity index (χ0n) is 15.4. The standard InChI is InChI=1S/C18H21N5O.C2H6/c19-18(22-20)12-5-6-15-17(11-12)24-16-4-2-1-3-14(16)23(15)13-7-9-21-10-8-13;1-2/h1-6,11,13,21H,7-10,20H2,(H2,19,22);1-2H3. The van der Waals surface area contributed by atoms with Gasteiger partial charge >= 0.3 is 0 Å². The third kappa shape index (κ3) is 3.32. The van der Waals surface area contributed by atoms with E-state index in [1.807, 2.05) is 44.2 Å². The molecular formula is C20H27N5O. The number of nitrogens with one attached hydrogen (secondary N) is 1. The molecule has 26 heavy (non-hydrogen) atoms. The van der Waals surface area contributed by atoms with Crippen molar-refractivity contribution in [1.29, 1.82) is 0 Å². The van der Waals surface area contributed by atoms with Crippen LogP contribution in [0.3, 0.4) is 0 Å². The maximum atomic E-state index is 6.13. The van der Waals surface area contributed by atoms with Crippen LogP contribution in [0.2, 0.25) is 0 Å². The Morgan fingerprint density at radius 1 is 1.08 bits per heavy atom. The van der Waals surface area contributed by atoms with Crippen molar-refractivity contribution in [1.82, 2.24) is 5.32 Å². The fraction of sp³-hybridized carbons (Fsp3) is 0.350. The molecule has 6 nitrogen and oxygen atoms in total. The molecule has 0 saturated carbocycles. The van der Waals surface area contributed by atoms with E-state index in [-0.39, 0.29) is 0 Å². The van der Waals surface area contributed by atoms with Crippen LogP contribution in [0.15, 0.2) is 47.6 Å². The molecule has 1 saturated heterocycles. The Labute approximate surface area is 154 Å². The molecule has 0 spiro atoms. The lowest BCUT2D eigenvalue weighted by Crippen LogP contribution is -2.41. The van der Waals surface area contributed by atoms with Crippen LogP contribution in [-0.2, 0) is 0 Å². The molecule has 2 aromatic carbocycles. The Morgan fingerprint density at radius 3 is 2.50 bits per heavy atom. The summed E-state index contributed by atoms with van der Waals surface area (Å²) < 4.78 is 6.13. The van der Waals surface area contributed by atoms with Gasteiger partial charge in [-0.05, 0) is 56.3 Å². The van der Waals surface area contributed by atoms with E-state index in [4.69, 9.17) is 16.3 Å². The fourth-order valence-corrected chi connectivity index (χ4v) is 3.48. The van der Waals surface area contributed by atoms with Crippen molar-refractivity contribution in [3.05, 3.63) is 48.0 Å². The summed E-state index contributed by atoms with van der Waals surface area (Å²) in [6.07, 6.45) is 2.20. The monoisotopic (exact) mass is 353 g/mol. The quantitative estimate of drug-likeness (QED) is 0.334. The fourth-order valence-electron chi connectivity index (χ4n) is 3.48. The molecule has 1 fully saturated rings. The van der Waals surface area contributed by atoms with E-state index in [0.29, 0.717) is 11.9 Å². The van der Waals surface area contributed by atoms with E-state index in [1.54, 1.807) is 0 Å². The van der Waals surface area contributed by atoms with Crippen molar-refractivity contribution in [2.75, 3.05) is 18.0 Å². The number of benzene rings is 2. The highest BCUT2D eigenvalue weighted by Crippen LogP contribution is 2.48. The summed E-state index contributed by atoms with van der Waals surface area (Å²) in [5.74, 6) is 7.26. The van der Waals surface area contributed by atoms with Crippen LogP contribution in [0.25, 0.3) is 0 Å². The predicted octanol–water partition coefficient (Wildman–Crippen LogP) is 3.29. The molecule has 4 rings (SSSR count). The molecule has 6 heteroatoms. The van der Waals surface area contributed by atoms with E-state index in [9.17, 15) is 0 Å². The number of nitrogens with two attached hydrogens (primary N) is 2. The van der Waals surface area contributed by atoms with Gasteiger partial charge in [0.25, 0.3) is 0 Å². The molecule has 0 aromatic heterocycles. The van der Waals surface area contributed by atoms with Gasteiger partial charge in [-0.25, -0.2) is 0 Å². The zero-order chi connectivity index (χ0) is 18.5. The lowest BCUT2D eigenvalue weighted by Gasteiger charge is -2.40. The molecule has 0 bridgehead atoms. The number of para-hydroxylation sites is 2. The Morgan fingerprint density at radius 2 is 1.77 bits per heavy atom. The second-order valence-corrected chi connectivity index (χ2v) is 6.12. The van der Waals surface area contributed by atoms with Crippen molar-refractivity contribution < 1.29 is 4.74 Å². The molecule has 5 N–H and O–H groups in total. The minimum absolute atomic E-state index is 0.300. The van der Waals surface area contributed by atoms with Gasteiger partial charge < -0.3 is 26.5 Å². The molecule has 2 aromatic rings. The minimum Gasteiger partial charge on any atom is -0.453 e. The van der Waals surface area contributed by atoms with Crippen molar-refractivity contribution in [2.45, 2.75) is 32.7 Å². The van der Waals surface area contributed by atoms with E-state index in [2.05, 4.69) is 27.5 Å². The Balaban J connectivity index is 0.000000948. The molecule has 0 aliphatic carbocycles. The number of nitrogens with zero attached hydrogens (tertiary/aromatic N) is 2. The molecule has 2 aliphatic heterocycles. The molecule has 0 radical (unpaired) electrons. The van der Waals surface area contributed by atoms with Crippen LogP contribution in [-0.4, -0.2) is 25.0 Å². The first-order valence-electron chi connectivity index (χ1n) is 9.22. The SMILES string of the molecule is CC.N/N=C(\N)c1ccc2c(c1)Oc1ccccc1N2C1CCNCC1. The molecule has 0 atom stereocenters. The average Bonchev–Trinajstić information content (AvgIpc) is 2.73. The van der Waals surface area contributed by atoms with Crippen LogP contribution < -0.4 is 26.5 Å². The summed E-state index contributed by atoms with van der Waals surface area (Å²) in [4.78, 5) is 2.40. The third-order valence-electron chi connectivity index (χ3n) is 4.67. The lowest BCUT2D eigenvalue weighted by atomic mass is 10.0. The smallest absolute Gasteiger partial charge is 0.151 e. The second-order valence-electron chi connectivity index (χ2n) is 6.12. The minimum atomic E-state index is 0.300. The van der Waals surface area contributed by atoms with E-state index < -0.39 is 0 Å². The second kappa shape index (κ2) is 8.10. The summed E-state index contributed by atoms with van der Waals surface area (Å²) in [5, 5.41) is 7.01. The van der Waals surface area contributed by atoms with Crippen LogP contribution in [0.1, 0.15) is 32.3 Å². The van der Waals surface area contributed by atoms with Crippen molar-refractivity contribution in [3.8, 4) is 11.5 Å². The van der Waals surface area contributed by atoms with Gasteiger partial charge in [0.15, 0.2) is 11.5 Å². The summed E-state index contributed by atoms with van der Waals surface area (Å²) in [7, 11) is 0. The van der Waals surface area contributed by atoms with Gasteiger partial charge in [0.05, 0.1) is 11.4 Å². The number of rotatable bonds is 2. The van der Waals surface area contributed by atoms with Crippen LogP contribution >= 0.6 is 0 Å². The van der Waals surface area contributed by atoms with Gasteiger partial charge in [-0.15, -0.1) is 0 Å². The van der Waals surface area contributed by atoms with Crippen LogP contribution in [0.4, 0.5) is 11.4 Å². The van der Waals surface area contributed by atoms with Crippen LogP contribution in [0, 0.1) is 0 Å². The third-order valence-corrected chi connectivity index (χ3v) is 4.67. The number of hydrogen-bond donors (Lipinski definition) is 3. The first-order chi connectivity index (χ1) is 12.8. The first kappa shape index (κ1) is 18.1. The number of anilines is 2. The number of hydrazone groups is 1. The molecule has 2 aliphatic rings. The van der Waals surface area contributed by atoms with Gasteiger partial charge in [0.1, 0.15) is 5.84 Å². The summed E-state index contributed by atoms with van der Waals surface area (Å²) in [6.45, 7) is 6.06. The normalized spacial score (nSPS) is 16.7. The maximum Gasteiger partial charge on any atom is 0.151 e. The molecular weight excluding hydrogens is 326 g/mol. The highest BCUT2D eigenvalue weighted by Gasteiger charge is 2.31. The molecule has 0 amide bonds. The van der Waals surface area contributed by atoms with E-state index >= 15 is 0 Å². The predicted molar refractivity (Wildman–Crippen MR) is 107 cm³/mol. The van der Waals surface area contributed by atoms with E-state index in [1.165, 1.54) is 0 Å². The Bertz CT molecular complexity index is 784. The van der Waals surface area contributed by atoms with Gasteiger partial charge in [0, 0.05) is 11.6 Å². The maximum absolute atomic E-state index is 6.13. The number of fused-ring (bicyclic) bond motifs is 2. The summed E-state index contributed by atoms with van der Waals surface area (Å²) >= 11 is 0. The highest BCUT2D eigenvalue weighted by atomic mass is 16.5. The number of ether oxygens (including phenoxy) is 1. The first-order valence-corrected chi connectivity index (χ1v) is 9.22. The zero-order valence-corrected chi connectivity index (χ0v) is 15.4.